The highest BCUT2D eigenvalue weighted by Crippen LogP contribution is 2.22. The molecule has 4 heteroatoms. The molecule has 2 N–H and O–H groups in total. The molecule has 118 valence electrons. The monoisotopic (exact) mass is 300 g/mol. The molecule has 0 saturated heterocycles. The second-order valence-corrected chi connectivity index (χ2v) is 6.10. The minimum atomic E-state index is -0.0357. The summed E-state index contributed by atoms with van der Waals surface area (Å²) in [7, 11) is 0. The van der Waals surface area contributed by atoms with Gasteiger partial charge in [-0.25, -0.2) is 0 Å². The fourth-order valence-electron chi connectivity index (χ4n) is 3.25. The van der Waals surface area contributed by atoms with Crippen LogP contribution in [-0.4, -0.2) is 25.5 Å². The molecule has 1 heterocycles. The van der Waals surface area contributed by atoms with E-state index in [4.69, 9.17) is 4.42 Å². The quantitative estimate of drug-likeness (QED) is 0.805. The molecule has 1 aliphatic rings. The van der Waals surface area contributed by atoms with Crippen molar-refractivity contribution in [3.8, 4) is 0 Å². The van der Waals surface area contributed by atoms with Crippen molar-refractivity contribution >= 4 is 16.9 Å². The third kappa shape index (κ3) is 3.69. The van der Waals surface area contributed by atoms with Crippen LogP contribution in [-0.2, 0) is 0 Å². The van der Waals surface area contributed by atoms with Gasteiger partial charge in [0, 0.05) is 18.5 Å². The molecular formula is C18H24N2O2. The summed E-state index contributed by atoms with van der Waals surface area (Å²) in [6, 6.07) is 7.40. The number of benzene rings is 1. The van der Waals surface area contributed by atoms with Gasteiger partial charge in [0.15, 0.2) is 0 Å². The molecule has 1 saturated carbocycles. The van der Waals surface area contributed by atoms with Crippen LogP contribution >= 0.6 is 0 Å². The number of nitrogens with one attached hydrogen (secondary N) is 2. The Morgan fingerprint density at radius 3 is 2.86 bits per heavy atom. The summed E-state index contributed by atoms with van der Waals surface area (Å²) >= 11 is 0. The van der Waals surface area contributed by atoms with E-state index in [9.17, 15) is 4.79 Å². The van der Waals surface area contributed by atoms with Crippen LogP contribution in [0.1, 0.15) is 42.5 Å². The Hall–Kier alpha value is -1.81. The van der Waals surface area contributed by atoms with Crippen LogP contribution in [0.4, 0.5) is 0 Å². The van der Waals surface area contributed by atoms with Gasteiger partial charge < -0.3 is 15.1 Å². The SMILES string of the molecule is O=C(NCCNCC1CCCCC1)c1cccc2occc12. The van der Waals surface area contributed by atoms with Gasteiger partial charge in [0.2, 0.25) is 0 Å². The third-order valence-electron chi connectivity index (χ3n) is 4.49. The Balaban J connectivity index is 1.41. The largest absolute Gasteiger partial charge is 0.464 e. The van der Waals surface area contributed by atoms with Crippen LogP contribution in [0.15, 0.2) is 34.9 Å². The molecule has 0 unspecified atom stereocenters. The number of hydrogen-bond donors (Lipinski definition) is 2. The molecule has 1 aromatic carbocycles. The second kappa shape index (κ2) is 7.45. The average Bonchev–Trinajstić information content (AvgIpc) is 3.04. The van der Waals surface area contributed by atoms with Crippen LogP contribution < -0.4 is 10.6 Å². The normalized spacial score (nSPS) is 16.0. The van der Waals surface area contributed by atoms with Gasteiger partial charge in [0.25, 0.3) is 5.91 Å². The van der Waals surface area contributed by atoms with E-state index in [-0.39, 0.29) is 5.91 Å². The van der Waals surface area contributed by atoms with Gasteiger partial charge in [-0.1, -0.05) is 25.3 Å². The average molecular weight is 300 g/mol. The van der Waals surface area contributed by atoms with E-state index in [2.05, 4.69) is 10.6 Å². The predicted molar refractivity (Wildman–Crippen MR) is 88.0 cm³/mol. The van der Waals surface area contributed by atoms with E-state index >= 15 is 0 Å². The van der Waals surface area contributed by atoms with Crippen molar-refractivity contribution in [3.05, 3.63) is 36.1 Å². The highest BCUT2D eigenvalue weighted by atomic mass is 16.3. The lowest BCUT2D eigenvalue weighted by molar-refractivity contribution is 0.0955. The highest BCUT2D eigenvalue weighted by Gasteiger charge is 2.13. The van der Waals surface area contributed by atoms with Crippen molar-refractivity contribution < 1.29 is 9.21 Å². The minimum absolute atomic E-state index is 0.0357. The Labute approximate surface area is 131 Å². The van der Waals surface area contributed by atoms with Crippen molar-refractivity contribution in [2.75, 3.05) is 19.6 Å². The Morgan fingerprint density at radius 2 is 2.00 bits per heavy atom. The maximum atomic E-state index is 12.2. The lowest BCUT2D eigenvalue weighted by Crippen LogP contribution is -2.34. The fraction of sp³-hybridized carbons (Fsp3) is 0.500. The number of furan rings is 1. The van der Waals surface area contributed by atoms with Gasteiger partial charge in [-0.05, 0) is 43.5 Å². The highest BCUT2D eigenvalue weighted by molar-refractivity contribution is 6.05. The number of amides is 1. The summed E-state index contributed by atoms with van der Waals surface area (Å²) < 4.78 is 5.33. The lowest BCUT2D eigenvalue weighted by Gasteiger charge is -2.21. The van der Waals surface area contributed by atoms with E-state index < -0.39 is 0 Å². The van der Waals surface area contributed by atoms with Gasteiger partial charge in [0.05, 0.1) is 11.8 Å². The molecular weight excluding hydrogens is 276 g/mol. The van der Waals surface area contributed by atoms with Gasteiger partial charge in [-0.15, -0.1) is 0 Å². The molecule has 0 radical (unpaired) electrons. The maximum Gasteiger partial charge on any atom is 0.252 e. The van der Waals surface area contributed by atoms with Gasteiger partial charge in [-0.2, -0.15) is 0 Å². The second-order valence-electron chi connectivity index (χ2n) is 6.10. The topological polar surface area (TPSA) is 54.3 Å². The first-order valence-corrected chi connectivity index (χ1v) is 8.30. The van der Waals surface area contributed by atoms with Crippen molar-refractivity contribution in [1.29, 1.82) is 0 Å². The molecule has 3 rings (SSSR count). The summed E-state index contributed by atoms with van der Waals surface area (Å²) in [6.45, 7) is 2.55. The van der Waals surface area contributed by atoms with Crippen molar-refractivity contribution in [3.63, 3.8) is 0 Å². The van der Waals surface area contributed by atoms with E-state index in [0.717, 1.165) is 30.0 Å². The standard InChI is InChI=1S/C18H24N2O2/c21-18(16-7-4-8-17-15(16)9-12-22-17)20-11-10-19-13-14-5-2-1-3-6-14/h4,7-9,12,14,19H,1-3,5-6,10-11,13H2,(H,20,21). The number of rotatable bonds is 6. The van der Waals surface area contributed by atoms with Crippen LogP contribution in [0.25, 0.3) is 11.0 Å². The smallest absolute Gasteiger partial charge is 0.252 e. The van der Waals surface area contributed by atoms with Crippen LogP contribution in [0.2, 0.25) is 0 Å². The number of hydrogen-bond acceptors (Lipinski definition) is 3. The zero-order chi connectivity index (χ0) is 15.2. The summed E-state index contributed by atoms with van der Waals surface area (Å²) in [5, 5.41) is 7.31. The fourth-order valence-corrected chi connectivity index (χ4v) is 3.25. The van der Waals surface area contributed by atoms with Gasteiger partial charge in [-0.3, -0.25) is 4.79 Å². The maximum absolute atomic E-state index is 12.2. The van der Waals surface area contributed by atoms with E-state index in [0.29, 0.717) is 12.1 Å². The molecule has 2 aromatic rings. The molecule has 1 amide bonds. The number of carbonyl (C=O) groups is 1. The third-order valence-corrected chi connectivity index (χ3v) is 4.49. The molecule has 1 aliphatic carbocycles. The summed E-state index contributed by atoms with van der Waals surface area (Å²) in [4.78, 5) is 12.2. The molecule has 0 bridgehead atoms. The Kier molecular flexibility index (Phi) is 5.11. The van der Waals surface area contributed by atoms with E-state index in [1.54, 1.807) is 6.26 Å². The Morgan fingerprint density at radius 1 is 1.14 bits per heavy atom. The summed E-state index contributed by atoms with van der Waals surface area (Å²) in [5.41, 5.74) is 1.43. The van der Waals surface area contributed by atoms with Crippen LogP contribution in [0.3, 0.4) is 0 Å². The summed E-state index contributed by atoms with van der Waals surface area (Å²) in [5.74, 6) is 0.788. The van der Waals surface area contributed by atoms with Crippen LogP contribution in [0.5, 0.6) is 0 Å². The first-order chi connectivity index (χ1) is 10.8. The van der Waals surface area contributed by atoms with Crippen LogP contribution in [0, 0.1) is 5.92 Å². The van der Waals surface area contributed by atoms with Gasteiger partial charge >= 0.3 is 0 Å². The molecule has 0 atom stereocenters. The summed E-state index contributed by atoms with van der Waals surface area (Å²) in [6.07, 6.45) is 8.46. The number of carbonyl (C=O) groups excluding carboxylic acids is 1. The minimum Gasteiger partial charge on any atom is -0.464 e. The molecule has 1 fully saturated rings. The first kappa shape index (κ1) is 15.1. The molecule has 0 spiro atoms. The first-order valence-electron chi connectivity index (χ1n) is 8.30. The molecule has 22 heavy (non-hydrogen) atoms. The van der Waals surface area contributed by atoms with Crippen molar-refractivity contribution in [2.45, 2.75) is 32.1 Å². The van der Waals surface area contributed by atoms with Gasteiger partial charge in [0.1, 0.15) is 5.58 Å². The predicted octanol–water partition coefficient (Wildman–Crippen LogP) is 3.33. The van der Waals surface area contributed by atoms with E-state index in [1.807, 2.05) is 24.3 Å². The zero-order valence-corrected chi connectivity index (χ0v) is 12.9. The Bertz CT molecular complexity index is 614. The zero-order valence-electron chi connectivity index (χ0n) is 12.9. The number of fused-ring (bicyclic) bond motifs is 1. The van der Waals surface area contributed by atoms with Crippen molar-refractivity contribution in [1.82, 2.24) is 10.6 Å². The van der Waals surface area contributed by atoms with E-state index in [1.165, 1.54) is 32.1 Å². The molecule has 1 aromatic heterocycles. The van der Waals surface area contributed by atoms with Crippen molar-refractivity contribution in [2.24, 2.45) is 5.92 Å². The molecule has 0 aliphatic heterocycles. The lowest BCUT2D eigenvalue weighted by atomic mass is 9.89. The molecule has 4 nitrogen and oxygen atoms in total.